The first kappa shape index (κ1) is 94.6. The Morgan fingerprint density at radius 1 is 0.380 bits per heavy atom. The predicted molar refractivity (Wildman–Crippen MR) is 402 cm³/mol. The molecule has 1 aliphatic heterocycles. The molecule has 20 heteroatoms. The number of rotatable bonds is 72. The highest BCUT2D eigenvalue weighted by Gasteiger charge is 2.50. The van der Waals surface area contributed by atoms with E-state index in [0.29, 0.717) is 44.9 Å². The summed E-state index contributed by atoms with van der Waals surface area (Å²) in [6, 6.07) is -3.08. The van der Waals surface area contributed by atoms with Gasteiger partial charge in [-0.05, 0) is 57.8 Å². The van der Waals surface area contributed by atoms with Crippen molar-refractivity contribution in [2.24, 2.45) is 0 Å². The van der Waals surface area contributed by atoms with Crippen molar-refractivity contribution in [3.05, 3.63) is 0 Å². The van der Waals surface area contributed by atoms with Crippen LogP contribution in [0.15, 0.2) is 0 Å². The molecular weight excluding hydrogens is 1290 g/mol. The van der Waals surface area contributed by atoms with E-state index in [0.717, 1.165) is 173 Å². The van der Waals surface area contributed by atoms with Gasteiger partial charge in [-0.2, -0.15) is 8.42 Å². The third kappa shape index (κ3) is 55.1. The van der Waals surface area contributed by atoms with E-state index in [1.807, 2.05) is 0 Å². The lowest BCUT2D eigenvalue weighted by molar-refractivity contribution is -0.245. The summed E-state index contributed by atoms with van der Waals surface area (Å²) < 4.78 is 71.9. The van der Waals surface area contributed by atoms with Crippen molar-refractivity contribution in [1.29, 1.82) is 0 Å². The quantitative estimate of drug-likeness (QED) is 0.0164. The highest BCUT2D eigenvalue weighted by Crippen LogP contribution is 2.28. The Labute approximate surface area is 609 Å². The maximum atomic E-state index is 14.8. The molecule has 0 radical (unpaired) electrons. The Balaban J connectivity index is 3.70. The normalized spacial score (nSPS) is 17.1. The van der Waals surface area contributed by atoms with Gasteiger partial charge in [0.25, 0.3) is 0 Å². The van der Waals surface area contributed by atoms with E-state index in [-0.39, 0.29) is 63.6 Å². The number of amides is 3. The number of carbonyl (C=O) groups excluding carboxylic acids is 6. The first-order valence-corrected chi connectivity index (χ1v) is 42.9. The van der Waals surface area contributed by atoms with Gasteiger partial charge in [-0.1, -0.05) is 311 Å². The lowest BCUT2D eigenvalue weighted by Crippen LogP contribution is -2.70. The zero-order chi connectivity index (χ0) is 73.4. The minimum atomic E-state index is -5.34. The number of esters is 3. The monoisotopic (exact) mass is 1440 g/mol. The zero-order valence-corrected chi connectivity index (χ0v) is 65.4. The van der Waals surface area contributed by atoms with E-state index in [1.54, 1.807) is 0 Å². The van der Waals surface area contributed by atoms with E-state index in [4.69, 9.17) is 27.9 Å². The molecule has 3 unspecified atom stereocenters. The lowest BCUT2D eigenvalue weighted by atomic mass is 9.93. The fourth-order valence-corrected chi connectivity index (χ4v) is 14.0. The third-order valence-corrected chi connectivity index (χ3v) is 19.9. The molecular formula is C80H151N3O16S. The molecule has 1 heterocycles. The van der Waals surface area contributed by atoms with Crippen LogP contribution in [-0.2, 0) is 67.0 Å². The van der Waals surface area contributed by atoms with Crippen molar-refractivity contribution in [2.75, 3.05) is 19.8 Å². The molecule has 1 rings (SSSR count). The molecule has 100 heavy (non-hydrogen) atoms. The molecule has 0 bridgehead atoms. The van der Waals surface area contributed by atoms with Crippen molar-refractivity contribution in [1.82, 2.24) is 16.0 Å². The van der Waals surface area contributed by atoms with Gasteiger partial charge in [0.15, 0.2) is 6.29 Å². The van der Waals surface area contributed by atoms with Gasteiger partial charge in [0.1, 0.15) is 36.6 Å². The topological polar surface area (TPSA) is 268 Å². The van der Waals surface area contributed by atoms with Crippen LogP contribution in [0.2, 0.25) is 0 Å². The van der Waals surface area contributed by atoms with E-state index >= 15 is 0 Å². The molecule has 0 aromatic rings. The van der Waals surface area contributed by atoms with Crippen LogP contribution < -0.4 is 16.0 Å². The maximum absolute atomic E-state index is 14.8. The van der Waals surface area contributed by atoms with Crippen LogP contribution in [0.25, 0.3) is 0 Å². The standard InChI is InChI=1S/C80H151N3O16S/c1-7-13-19-25-31-34-40-43-49-55-67(95-74(88)58-52-46-37-28-22-16-10-4)63-71(85)81-61-62-94-80-78(83-73(87)65-69(57-51-45-42-36-33-27-21-15-9-3)97-76(90)60-54-48-39-30-24-18-12-6)77(79(70(66-84)98-80)99-100(91,92)93)82-72(86)64-68(56-50-44-41-35-32-26-20-14-8-2)96-75(89)59-53-47-38-29-23-17-11-5/h67-70,77-80,84H,7-66H2,1-6H3,(H,81,85)(H,82,86)(H,83,87)(H,91,92,93)/t67-,68-,69-,70?,77?,78?,79-,80-/m1/s1. The number of hydrogen-bond donors (Lipinski definition) is 5. The Hall–Kier alpha value is -3.43. The molecule has 1 aliphatic rings. The van der Waals surface area contributed by atoms with Gasteiger partial charge in [-0.25, -0.2) is 4.18 Å². The molecule has 0 saturated carbocycles. The van der Waals surface area contributed by atoms with Crippen LogP contribution in [0.1, 0.15) is 408 Å². The number of aliphatic hydroxyl groups excluding tert-OH is 1. The summed E-state index contributed by atoms with van der Waals surface area (Å²) in [5.74, 6) is -2.92. The Morgan fingerprint density at radius 2 is 0.650 bits per heavy atom. The summed E-state index contributed by atoms with van der Waals surface area (Å²) in [6.07, 6.45) is 44.4. The van der Waals surface area contributed by atoms with Gasteiger partial charge in [-0.3, -0.25) is 33.3 Å². The minimum absolute atomic E-state index is 0.0773. The Kier molecular flexibility index (Phi) is 62.7. The summed E-state index contributed by atoms with van der Waals surface area (Å²) in [6.45, 7) is 11.9. The van der Waals surface area contributed by atoms with Crippen molar-refractivity contribution in [3.8, 4) is 0 Å². The predicted octanol–water partition coefficient (Wildman–Crippen LogP) is 19.1. The molecule has 588 valence electrons. The molecule has 0 aromatic heterocycles. The third-order valence-electron chi connectivity index (χ3n) is 19.5. The summed E-state index contributed by atoms with van der Waals surface area (Å²) in [5.41, 5.74) is 0. The number of aliphatic hydroxyl groups is 1. The van der Waals surface area contributed by atoms with Crippen molar-refractivity contribution < 1.29 is 74.7 Å². The SMILES string of the molecule is CCCCCCCCCCC[C@H](CC(=O)NCCO[C@@H]1OC(CO)[C@@H](OS(=O)(=O)O)C(NC(=O)C[C@@H](CCCCCCCCCCC)OC(=O)CCCCCCCCC)C1NC(=O)C[C@@H](CCCCCCCCCCC)OC(=O)CCCCCCCCC)OC(=O)CCCCCCCCC. The van der Waals surface area contributed by atoms with Crippen molar-refractivity contribution >= 4 is 46.0 Å². The van der Waals surface area contributed by atoms with Gasteiger partial charge in [0, 0.05) is 25.8 Å². The maximum Gasteiger partial charge on any atom is 0.397 e. The molecule has 1 fully saturated rings. The smallest absolute Gasteiger partial charge is 0.397 e. The number of carbonyl (C=O) groups is 6. The molecule has 3 amide bonds. The molecule has 19 nitrogen and oxygen atoms in total. The van der Waals surface area contributed by atoms with Gasteiger partial charge in [0.2, 0.25) is 17.7 Å². The first-order chi connectivity index (χ1) is 48.5. The second-order valence-corrected chi connectivity index (χ2v) is 30.1. The number of hydrogen-bond acceptors (Lipinski definition) is 15. The van der Waals surface area contributed by atoms with Gasteiger partial charge in [0.05, 0.1) is 38.5 Å². The van der Waals surface area contributed by atoms with E-state index in [9.17, 15) is 46.8 Å². The van der Waals surface area contributed by atoms with Crippen LogP contribution >= 0.6 is 0 Å². The summed E-state index contributed by atoms with van der Waals surface area (Å²) >= 11 is 0. The molecule has 0 aromatic carbocycles. The number of unbranched alkanes of at least 4 members (excludes halogenated alkanes) is 42. The highest BCUT2D eigenvalue weighted by molar-refractivity contribution is 7.80. The number of ether oxygens (including phenoxy) is 5. The number of nitrogens with one attached hydrogen (secondary N) is 3. The van der Waals surface area contributed by atoms with Crippen LogP contribution in [-0.4, -0.2) is 122 Å². The van der Waals surface area contributed by atoms with E-state index in [1.165, 1.54) is 109 Å². The average Bonchev–Trinajstić information content (AvgIpc) is 0.782. The Morgan fingerprint density at radius 3 is 0.940 bits per heavy atom. The highest BCUT2D eigenvalue weighted by atomic mass is 32.3. The van der Waals surface area contributed by atoms with Crippen LogP contribution in [0.5, 0.6) is 0 Å². The average molecular weight is 1440 g/mol. The van der Waals surface area contributed by atoms with Gasteiger partial charge >= 0.3 is 28.3 Å². The fourth-order valence-electron chi connectivity index (χ4n) is 13.4. The lowest BCUT2D eigenvalue weighted by Gasteiger charge is -2.45. The summed E-state index contributed by atoms with van der Waals surface area (Å²) in [7, 11) is -5.34. The van der Waals surface area contributed by atoms with Crippen molar-refractivity contribution in [3.63, 3.8) is 0 Å². The molecule has 0 spiro atoms. The summed E-state index contributed by atoms with van der Waals surface area (Å²) in [4.78, 5) is 83.6. The largest absolute Gasteiger partial charge is 0.462 e. The molecule has 1 saturated heterocycles. The van der Waals surface area contributed by atoms with E-state index < -0.39 is 89.7 Å². The van der Waals surface area contributed by atoms with Gasteiger partial charge in [-0.15, -0.1) is 0 Å². The van der Waals surface area contributed by atoms with E-state index in [2.05, 4.69) is 57.5 Å². The summed E-state index contributed by atoms with van der Waals surface area (Å²) in [5, 5.41) is 19.5. The van der Waals surface area contributed by atoms with Gasteiger partial charge < -0.3 is 44.7 Å². The van der Waals surface area contributed by atoms with Crippen LogP contribution in [0.3, 0.4) is 0 Å². The molecule has 8 atom stereocenters. The first-order valence-electron chi connectivity index (χ1n) is 41.5. The van der Waals surface area contributed by atoms with Crippen molar-refractivity contribution in [2.45, 2.75) is 456 Å². The zero-order valence-electron chi connectivity index (χ0n) is 64.6. The second-order valence-electron chi connectivity index (χ2n) is 29.0. The van der Waals surface area contributed by atoms with Crippen LogP contribution in [0.4, 0.5) is 0 Å². The Bertz CT molecular complexity index is 2100. The minimum Gasteiger partial charge on any atom is -0.462 e. The second kappa shape index (κ2) is 66.3. The molecule has 0 aliphatic carbocycles. The fraction of sp³-hybridized carbons (Fsp3) is 0.925. The van der Waals surface area contributed by atoms with Crippen LogP contribution in [0, 0.1) is 0 Å². The molecule has 5 N–H and O–H groups in total.